The molecule has 1 heterocycles. The van der Waals surface area contributed by atoms with E-state index in [0.29, 0.717) is 16.4 Å². The van der Waals surface area contributed by atoms with Gasteiger partial charge in [0.25, 0.3) is 0 Å². The lowest BCUT2D eigenvalue weighted by Crippen LogP contribution is -2.10. The molecule has 0 unspecified atom stereocenters. The molecule has 0 saturated heterocycles. The molecule has 2 aromatic carbocycles. The van der Waals surface area contributed by atoms with Crippen LogP contribution in [-0.4, -0.2) is 21.8 Å². The molecule has 3 N–H and O–H groups in total. The number of carbonyl (C=O) groups is 2. The molecule has 1 aromatic heterocycles. The van der Waals surface area contributed by atoms with Gasteiger partial charge in [-0.25, -0.2) is 9.97 Å². The van der Waals surface area contributed by atoms with Crippen LogP contribution in [0.15, 0.2) is 70.7 Å². The second-order valence-electron chi connectivity index (χ2n) is 6.37. The number of hydrogen-bond donors (Lipinski definition) is 2. The van der Waals surface area contributed by atoms with E-state index in [0.717, 1.165) is 21.8 Å². The Balaban J connectivity index is 1.58. The lowest BCUT2D eigenvalue weighted by molar-refractivity contribution is -0.111. The van der Waals surface area contributed by atoms with Gasteiger partial charge in [0.15, 0.2) is 5.16 Å². The maximum Gasteiger partial charge on any atom is 0.248 e. The van der Waals surface area contributed by atoms with Crippen molar-refractivity contribution < 1.29 is 9.59 Å². The van der Waals surface area contributed by atoms with E-state index >= 15 is 0 Å². The van der Waals surface area contributed by atoms with Crippen LogP contribution in [0.1, 0.15) is 27.3 Å². The van der Waals surface area contributed by atoms with Gasteiger partial charge in [-0.1, -0.05) is 12.1 Å². The molecule has 0 radical (unpaired) electrons. The van der Waals surface area contributed by atoms with Crippen LogP contribution in [0.5, 0.6) is 0 Å². The molecule has 0 bridgehead atoms. The topological polar surface area (TPSA) is 98.0 Å². The Morgan fingerprint density at radius 3 is 2.17 bits per heavy atom. The van der Waals surface area contributed by atoms with Gasteiger partial charge in [-0.3, -0.25) is 9.59 Å². The van der Waals surface area contributed by atoms with E-state index < -0.39 is 5.91 Å². The number of rotatable bonds is 6. The Labute approximate surface area is 173 Å². The monoisotopic (exact) mass is 404 g/mol. The zero-order valence-electron chi connectivity index (χ0n) is 16.0. The normalized spacial score (nSPS) is 10.8. The smallest absolute Gasteiger partial charge is 0.248 e. The summed E-state index contributed by atoms with van der Waals surface area (Å²) in [6, 6.07) is 16.1. The highest BCUT2D eigenvalue weighted by atomic mass is 32.2. The molecule has 0 fully saturated rings. The first-order valence-corrected chi connectivity index (χ1v) is 9.70. The molecule has 3 aromatic rings. The van der Waals surface area contributed by atoms with Crippen molar-refractivity contribution in [3.8, 4) is 0 Å². The van der Waals surface area contributed by atoms with Crippen molar-refractivity contribution in [2.45, 2.75) is 23.9 Å². The zero-order chi connectivity index (χ0) is 20.8. The third kappa shape index (κ3) is 6.02. The molecule has 0 aliphatic rings. The minimum atomic E-state index is -0.482. The summed E-state index contributed by atoms with van der Waals surface area (Å²) in [5.41, 5.74) is 8.98. The van der Waals surface area contributed by atoms with Crippen LogP contribution in [0.25, 0.3) is 6.08 Å². The Kier molecular flexibility index (Phi) is 6.41. The second kappa shape index (κ2) is 9.16. The van der Waals surface area contributed by atoms with Crippen LogP contribution >= 0.6 is 11.8 Å². The number of nitrogens with one attached hydrogen (secondary N) is 1. The number of amides is 2. The van der Waals surface area contributed by atoms with Crippen LogP contribution < -0.4 is 11.1 Å². The number of nitrogens with zero attached hydrogens (tertiary/aromatic N) is 2. The lowest BCUT2D eigenvalue weighted by Gasteiger charge is -2.05. The fourth-order valence-corrected chi connectivity index (χ4v) is 3.43. The quantitative estimate of drug-likeness (QED) is 0.478. The van der Waals surface area contributed by atoms with E-state index in [-0.39, 0.29) is 5.91 Å². The first kappa shape index (κ1) is 20.3. The van der Waals surface area contributed by atoms with E-state index in [1.54, 1.807) is 30.3 Å². The number of anilines is 1. The summed E-state index contributed by atoms with van der Waals surface area (Å²) in [5, 5.41) is 3.51. The summed E-state index contributed by atoms with van der Waals surface area (Å²) in [6.45, 7) is 3.88. The van der Waals surface area contributed by atoms with Crippen LogP contribution in [0.4, 0.5) is 5.69 Å². The van der Waals surface area contributed by atoms with Gasteiger partial charge in [0.1, 0.15) is 0 Å². The van der Waals surface area contributed by atoms with Gasteiger partial charge < -0.3 is 11.1 Å². The Morgan fingerprint density at radius 2 is 1.59 bits per heavy atom. The minimum Gasteiger partial charge on any atom is -0.366 e. The minimum absolute atomic E-state index is 0.248. The molecule has 29 heavy (non-hydrogen) atoms. The molecule has 0 aliphatic carbocycles. The summed E-state index contributed by atoms with van der Waals surface area (Å²) < 4.78 is 0. The number of aromatic nitrogens is 2. The fraction of sp³-hybridized carbons (Fsp3) is 0.0909. The highest BCUT2D eigenvalue weighted by molar-refractivity contribution is 7.99. The average molecular weight is 404 g/mol. The van der Waals surface area contributed by atoms with E-state index in [1.807, 2.05) is 44.2 Å². The van der Waals surface area contributed by atoms with E-state index in [4.69, 9.17) is 5.73 Å². The second-order valence-corrected chi connectivity index (χ2v) is 7.41. The zero-order valence-corrected chi connectivity index (χ0v) is 16.9. The van der Waals surface area contributed by atoms with Crippen molar-refractivity contribution in [3.05, 3.63) is 83.2 Å². The molecule has 146 valence electrons. The van der Waals surface area contributed by atoms with Crippen molar-refractivity contribution in [2.24, 2.45) is 5.73 Å². The number of benzene rings is 2. The highest BCUT2D eigenvalue weighted by Gasteiger charge is 2.04. The number of carbonyl (C=O) groups excluding carboxylic acids is 2. The molecule has 3 rings (SSSR count). The van der Waals surface area contributed by atoms with Gasteiger partial charge in [-0.15, -0.1) is 0 Å². The van der Waals surface area contributed by atoms with E-state index in [1.165, 1.54) is 17.8 Å². The van der Waals surface area contributed by atoms with E-state index in [2.05, 4.69) is 15.3 Å². The largest absolute Gasteiger partial charge is 0.366 e. The fourth-order valence-electron chi connectivity index (χ4n) is 2.57. The third-order valence-corrected chi connectivity index (χ3v) is 4.79. The van der Waals surface area contributed by atoms with Crippen molar-refractivity contribution in [3.63, 3.8) is 0 Å². The van der Waals surface area contributed by atoms with Gasteiger partial charge >= 0.3 is 0 Å². The molecule has 0 atom stereocenters. The average Bonchev–Trinajstić information content (AvgIpc) is 2.67. The van der Waals surface area contributed by atoms with Crippen molar-refractivity contribution in [2.75, 3.05) is 5.32 Å². The van der Waals surface area contributed by atoms with Crippen LogP contribution in [0, 0.1) is 13.8 Å². The summed E-state index contributed by atoms with van der Waals surface area (Å²) >= 11 is 1.47. The highest BCUT2D eigenvalue weighted by Crippen LogP contribution is 2.26. The van der Waals surface area contributed by atoms with Gasteiger partial charge in [0, 0.05) is 33.6 Å². The number of hydrogen-bond acceptors (Lipinski definition) is 5. The predicted molar refractivity (Wildman–Crippen MR) is 115 cm³/mol. The first-order valence-electron chi connectivity index (χ1n) is 8.88. The summed E-state index contributed by atoms with van der Waals surface area (Å²) in [6.07, 6.45) is 3.10. The molecular formula is C22H20N4O2S. The molecule has 0 aliphatic heterocycles. The molecule has 2 amide bonds. The molecular weight excluding hydrogens is 384 g/mol. The maximum atomic E-state index is 12.1. The van der Waals surface area contributed by atoms with E-state index in [9.17, 15) is 9.59 Å². The molecule has 0 saturated carbocycles. The lowest BCUT2D eigenvalue weighted by atomic mass is 10.1. The summed E-state index contributed by atoms with van der Waals surface area (Å²) in [7, 11) is 0. The predicted octanol–water partition coefficient (Wildman–Crippen LogP) is 4.00. The van der Waals surface area contributed by atoms with Gasteiger partial charge in [-0.2, -0.15) is 0 Å². The SMILES string of the molecule is Cc1cc(C)nc(Sc2ccc(NC(=O)/C=C/c3ccc(C(N)=O)cc3)cc2)n1. The summed E-state index contributed by atoms with van der Waals surface area (Å²) in [4.78, 5) is 33.0. The third-order valence-electron chi connectivity index (χ3n) is 3.92. The Morgan fingerprint density at radius 1 is 0.966 bits per heavy atom. The number of aryl methyl sites for hydroxylation is 2. The molecule has 7 heteroatoms. The van der Waals surface area contributed by atoms with Crippen molar-refractivity contribution >= 4 is 35.3 Å². The number of nitrogens with two attached hydrogens (primary N) is 1. The summed E-state index contributed by atoms with van der Waals surface area (Å²) in [5.74, 6) is -0.731. The maximum absolute atomic E-state index is 12.1. The van der Waals surface area contributed by atoms with Crippen LogP contribution in [-0.2, 0) is 4.79 Å². The van der Waals surface area contributed by atoms with Crippen molar-refractivity contribution in [1.29, 1.82) is 0 Å². The first-order chi connectivity index (χ1) is 13.9. The van der Waals surface area contributed by atoms with Gasteiger partial charge in [-0.05, 0) is 79.7 Å². The Hall–Kier alpha value is -3.45. The van der Waals surface area contributed by atoms with Gasteiger partial charge in [0.05, 0.1) is 0 Å². The van der Waals surface area contributed by atoms with Crippen LogP contribution in [0.3, 0.4) is 0 Å². The Bertz CT molecular complexity index is 1040. The van der Waals surface area contributed by atoms with Gasteiger partial charge in [0.2, 0.25) is 11.8 Å². The van der Waals surface area contributed by atoms with Crippen LogP contribution in [0.2, 0.25) is 0 Å². The molecule has 6 nitrogen and oxygen atoms in total. The molecule has 0 spiro atoms. The standard InChI is InChI=1S/C22H20N4O2S/c1-14-13-15(2)25-22(24-14)29-19-10-8-18(9-11-19)26-20(27)12-5-16-3-6-17(7-4-16)21(23)28/h3-13H,1-2H3,(H2,23,28)(H,26,27)/b12-5+. The number of primary amides is 1. The van der Waals surface area contributed by atoms with Crippen molar-refractivity contribution in [1.82, 2.24) is 9.97 Å².